The van der Waals surface area contributed by atoms with Crippen molar-refractivity contribution < 1.29 is 19.0 Å². The third-order valence-electron chi connectivity index (χ3n) is 5.08. The number of nitrogens with one attached hydrogen (secondary N) is 2. The molecule has 2 N–H and O–H groups in total. The molecule has 1 aliphatic rings. The molecule has 2 atom stereocenters. The van der Waals surface area contributed by atoms with Crippen molar-refractivity contribution in [3.05, 3.63) is 101 Å². The SMILES string of the molecule is COc1ccc(C(=O)N[C@H]2C(=O)N/[N+](=C\c3ccccc3)[C@@H]2c2ccc(Cl)cc2)cc1. The van der Waals surface area contributed by atoms with Crippen molar-refractivity contribution in [3.63, 3.8) is 0 Å². The Morgan fingerprint density at radius 2 is 1.71 bits per heavy atom. The van der Waals surface area contributed by atoms with E-state index in [1.165, 1.54) is 0 Å². The first-order valence-electron chi connectivity index (χ1n) is 9.74. The van der Waals surface area contributed by atoms with E-state index in [9.17, 15) is 9.59 Å². The molecule has 31 heavy (non-hydrogen) atoms. The van der Waals surface area contributed by atoms with Crippen LogP contribution in [0.1, 0.15) is 27.5 Å². The highest BCUT2D eigenvalue weighted by molar-refractivity contribution is 6.30. The average molecular weight is 435 g/mol. The Morgan fingerprint density at radius 3 is 2.35 bits per heavy atom. The maximum atomic E-state index is 12.9. The number of hydrazone groups is 1. The maximum Gasteiger partial charge on any atom is 0.304 e. The van der Waals surface area contributed by atoms with E-state index in [-0.39, 0.29) is 11.8 Å². The van der Waals surface area contributed by atoms with Gasteiger partial charge < -0.3 is 10.1 Å². The summed E-state index contributed by atoms with van der Waals surface area (Å²) in [6, 6.07) is 22.4. The fourth-order valence-electron chi connectivity index (χ4n) is 3.51. The lowest BCUT2D eigenvalue weighted by Gasteiger charge is -2.15. The molecule has 0 radical (unpaired) electrons. The Balaban J connectivity index is 1.67. The Labute approximate surface area is 185 Å². The van der Waals surface area contributed by atoms with E-state index in [1.54, 1.807) is 48.2 Å². The molecular weight excluding hydrogens is 414 g/mol. The van der Waals surface area contributed by atoms with Gasteiger partial charge >= 0.3 is 5.91 Å². The molecule has 0 aliphatic carbocycles. The van der Waals surface area contributed by atoms with Crippen LogP contribution in [0.15, 0.2) is 78.9 Å². The number of hydrazine groups is 1. The van der Waals surface area contributed by atoms with Crippen LogP contribution in [0.4, 0.5) is 0 Å². The predicted molar refractivity (Wildman–Crippen MR) is 118 cm³/mol. The highest BCUT2D eigenvalue weighted by Crippen LogP contribution is 2.27. The molecule has 1 fully saturated rings. The molecule has 0 bridgehead atoms. The van der Waals surface area contributed by atoms with Crippen LogP contribution in [0.3, 0.4) is 0 Å². The first-order chi connectivity index (χ1) is 15.0. The van der Waals surface area contributed by atoms with Gasteiger partial charge in [0.25, 0.3) is 5.91 Å². The quantitative estimate of drug-likeness (QED) is 0.605. The number of amides is 2. The van der Waals surface area contributed by atoms with Gasteiger partial charge in [-0.2, -0.15) is 0 Å². The van der Waals surface area contributed by atoms with Crippen molar-refractivity contribution in [2.75, 3.05) is 7.11 Å². The molecule has 2 amide bonds. The summed E-state index contributed by atoms with van der Waals surface area (Å²) < 4.78 is 6.86. The van der Waals surface area contributed by atoms with Crippen molar-refractivity contribution in [2.45, 2.75) is 12.1 Å². The van der Waals surface area contributed by atoms with Crippen LogP contribution >= 0.6 is 11.6 Å². The molecule has 6 nitrogen and oxygen atoms in total. The number of ether oxygens (including phenoxy) is 1. The van der Waals surface area contributed by atoms with Crippen molar-refractivity contribution in [1.82, 2.24) is 10.7 Å². The van der Waals surface area contributed by atoms with E-state index in [4.69, 9.17) is 16.3 Å². The second kappa shape index (κ2) is 9.02. The normalized spacial score (nSPS) is 19.2. The summed E-state index contributed by atoms with van der Waals surface area (Å²) in [7, 11) is 1.56. The van der Waals surface area contributed by atoms with Crippen molar-refractivity contribution in [2.24, 2.45) is 0 Å². The largest absolute Gasteiger partial charge is 0.497 e. The minimum absolute atomic E-state index is 0.297. The molecule has 0 saturated carbocycles. The van der Waals surface area contributed by atoms with Crippen LogP contribution in [0.2, 0.25) is 5.02 Å². The summed E-state index contributed by atoms with van der Waals surface area (Å²) in [5.74, 6) is 0.00940. The Hall–Kier alpha value is -3.64. The molecule has 3 aromatic carbocycles. The standard InChI is InChI=1S/C24H20ClN3O3/c1-31-20-13-9-18(10-14-20)23(29)26-21-22(17-7-11-19(25)12-8-17)28(27-24(21)30)15-16-5-3-2-4-6-16/h2-15,21-22H,1H3,(H-,26,27,29,30)/p+1/b28-15-/t21-,22-/m1/s1. The number of hydrogen-bond acceptors (Lipinski definition) is 3. The maximum absolute atomic E-state index is 12.9. The van der Waals surface area contributed by atoms with E-state index in [0.29, 0.717) is 16.3 Å². The molecule has 0 spiro atoms. The van der Waals surface area contributed by atoms with E-state index in [0.717, 1.165) is 11.1 Å². The number of halogens is 1. The number of methoxy groups -OCH3 is 1. The number of hydrogen-bond donors (Lipinski definition) is 2. The minimum atomic E-state index is -0.796. The third kappa shape index (κ3) is 4.59. The molecule has 1 saturated heterocycles. The van der Waals surface area contributed by atoms with Gasteiger partial charge in [-0.3, -0.25) is 9.59 Å². The van der Waals surface area contributed by atoms with Crippen molar-refractivity contribution >= 4 is 29.6 Å². The summed E-state index contributed by atoms with van der Waals surface area (Å²) in [5.41, 5.74) is 5.06. The van der Waals surface area contributed by atoms with Gasteiger partial charge in [0, 0.05) is 21.7 Å². The van der Waals surface area contributed by atoms with Gasteiger partial charge in [-0.15, -0.1) is 10.1 Å². The van der Waals surface area contributed by atoms with E-state index < -0.39 is 12.1 Å². The Kier molecular flexibility index (Phi) is 6.00. The van der Waals surface area contributed by atoms with Crippen molar-refractivity contribution in [3.8, 4) is 5.75 Å². The minimum Gasteiger partial charge on any atom is -0.497 e. The van der Waals surface area contributed by atoms with E-state index >= 15 is 0 Å². The van der Waals surface area contributed by atoms with Gasteiger partial charge in [0.2, 0.25) is 12.3 Å². The molecule has 0 aromatic heterocycles. The first-order valence-corrected chi connectivity index (χ1v) is 10.1. The number of benzene rings is 3. The lowest BCUT2D eigenvalue weighted by atomic mass is 9.99. The lowest BCUT2D eigenvalue weighted by Crippen LogP contribution is -2.42. The predicted octanol–water partition coefficient (Wildman–Crippen LogP) is 3.36. The number of rotatable bonds is 5. The molecular formula is C24H21ClN3O3+. The molecule has 1 heterocycles. The van der Waals surface area contributed by atoms with Crippen LogP contribution in [0.5, 0.6) is 5.75 Å². The highest BCUT2D eigenvalue weighted by atomic mass is 35.5. The van der Waals surface area contributed by atoms with Gasteiger partial charge in [0.05, 0.1) is 7.11 Å². The van der Waals surface area contributed by atoms with Gasteiger partial charge in [-0.1, -0.05) is 41.9 Å². The summed E-state index contributed by atoms with van der Waals surface area (Å²) >= 11 is 6.05. The molecule has 3 aromatic rings. The fraction of sp³-hybridized carbons (Fsp3) is 0.125. The topological polar surface area (TPSA) is 70.4 Å². The third-order valence-corrected chi connectivity index (χ3v) is 5.33. The Bertz CT molecular complexity index is 1110. The van der Waals surface area contributed by atoms with Gasteiger partial charge in [-0.05, 0) is 48.5 Å². The molecule has 4 rings (SSSR count). The van der Waals surface area contributed by atoms with E-state index in [1.807, 2.05) is 48.7 Å². The van der Waals surface area contributed by atoms with Crippen LogP contribution in [0.25, 0.3) is 0 Å². The summed E-state index contributed by atoms with van der Waals surface area (Å²) in [5, 5.41) is 3.47. The summed E-state index contributed by atoms with van der Waals surface area (Å²) in [6.07, 6.45) is 1.84. The lowest BCUT2D eigenvalue weighted by molar-refractivity contribution is -0.596. The van der Waals surface area contributed by atoms with Crippen molar-refractivity contribution in [1.29, 1.82) is 0 Å². The summed E-state index contributed by atoms with van der Waals surface area (Å²) in [4.78, 5) is 25.7. The fourth-order valence-corrected chi connectivity index (χ4v) is 3.63. The second-order valence-electron chi connectivity index (χ2n) is 7.10. The smallest absolute Gasteiger partial charge is 0.304 e. The zero-order valence-corrected chi connectivity index (χ0v) is 17.5. The number of carbonyl (C=O) groups excluding carboxylic acids is 2. The summed E-state index contributed by atoms with van der Waals surface area (Å²) in [6.45, 7) is 0. The van der Waals surface area contributed by atoms with Gasteiger partial charge in [-0.25, -0.2) is 0 Å². The van der Waals surface area contributed by atoms with Crippen LogP contribution in [0, 0.1) is 0 Å². The molecule has 1 aliphatic heterocycles. The van der Waals surface area contributed by atoms with E-state index in [2.05, 4.69) is 10.7 Å². The van der Waals surface area contributed by atoms with Crippen LogP contribution < -0.4 is 15.5 Å². The zero-order chi connectivity index (χ0) is 21.8. The monoisotopic (exact) mass is 434 g/mol. The molecule has 7 heteroatoms. The molecule has 156 valence electrons. The number of nitrogens with zero attached hydrogens (tertiary/aromatic N) is 1. The van der Waals surface area contributed by atoms with Gasteiger partial charge in [0.1, 0.15) is 5.75 Å². The number of carbonyl (C=O) groups is 2. The second-order valence-corrected chi connectivity index (χ2v) is 7.54. The van der Waals surface area contributed by atoms with Gasteiger partial charge in [0.15, 0.2) is 6.04 Å². The van der Waals surface area contributed by atoms with Crippen LogP contribution in [-0.4, -0.2) is 35.9 Å². The Morgan fingerprint density at radius 1 is 1.03 bits per heavy atom. The molecule has 0 unspecified atom stereocenters. The average Bonchev–Trinajstić information content (AvgIpc) is 3.09. The first kappa shape index (κ1) is 20.6. The zero-order valence-electron chi connectivity index (χ0n) is 16.8. The highest BCUT2D eigenvalue weighted by Gasteiger charge is 2.47. The van der Waals surface area contributed by atoms with Crippen LogP contribution in [-0.2, 0) is 4.79 Å².